The summed E-state index contributed by atoms with van der Waals surface area (Å²) in [5, 5.41) is 14.4. The van der Waals surface area contributed by atoms with E-state index in [1.165, 1.54) is 30.5 Å². The number of benzene rings is 2. The van der Waals surface area contributed by atoms with Crippen LogP contribution >= 0.6 is 0 Å². The molecule has 0 atom stereocenters. The molecule has 0 unspecified atom stereocenters. The second-order valence-electron chi connectivity index (χ2n) is 7.77. The second kappa shape index (κ2) is 9.34. The number of nitrogens with one attached hydrogen (secondary N) is 2. The summed E-state index contributed by atoms with van der Waals surface area (Å²) in [6.45, 7) is 0. The van der Waals surface area contributed by atoms with E-state index in [1.54, 1.807) is 18.3 Å². The van der Waals surface area contributed by atoms with Crippen molar-refractivity contribution in [1.29, 1.82) is 0 Å². The van der Waals surface area contributed by atoms with Gasteiger partial charge < -0.3 is 15.0 Å². The highest BCUT2D eigenvalue weighted by molar-refractivity contribution is 6.04. The molecule has 3 aromatic heterocycles. The number of nitrogens with zero attached hydrogens (tertiary/aromatic N) is 3. The van der Waals surface area contributed by atoms with Gasteiger partial charge in [0.05, 0.1) is 16.5 Å². The SMILES string of the molecule is O=C(Nc1ccc(Oc2ccnc3[nH]ccc23)c(F)c1)c1cc([N+](=O)[O-])cn(-c2ccc(F)cc2)c1=O. The lowest BCUT2D eigenvalue weighted by Crippen LogP contribution is -2.28. The number of pyridine rings is 2. The van der Waals surface area contributed by atoms with Gasteiger partial charge in [-0.3, -0.25) is 24.3 Å². The molecule has 12 heteroatoms. The number of aromatic nitrogens is 3. The smallest absolute Gasteiger partial charge is 0.286 e. The summed E-state index contributed by atoms with van der Waals surface area (Å²) in [6, 6.07) is 12.3. The van der Waals surface area contributed by atoms with Gasteiger partial charge in [0.2, 0.25) is 0 Å². The number of nitro groups is 1. The molecule has 5 aromatic rings. The molecule has 0 aliphatic heterocycles. The number of hydrogen-bond donors (Lipinski definition) is 2. The van der Waals surface area contributed by atoms with Crippen molar-refractivity contribution in [2.45, 2.75) is 0 Å². The average Bonchev–Trinajstić information content (AvgIpc) is 3.36. The molecule has 37 heavy (non-hydrogen) atoms. The van der Waals surface area contributed by atoms with Crippen LogP contribution in [-0.4, -0.2) is 25.4 Å². The fourth-order valence-corrected chi connectivity index (χ4v) is 3.63. The number of aromatic amines is 1. The van der Waals surface area contributed by atoms with Crippen LogP contribution in [0.3, 0.4) is 0 Å². The van der Waals surface area contributed by atoms with Crippen LogP contribution in [0.25, 0.3) is 16.7 Å². The minimum atomic E-state index is -0.999. The number of carbonyl (C=O) groups excluding carboxylic acids is 1. The lowest BCUT2D eigenvalue weighted by atomic mass is 10.2. The zero-order valence-corrected chi connectivity index (χ0v) is 18.6. The highest BCUT2D eigenvalue weighted by atomic mass is 19.1. The van der Waals surface area contributed by atoms with Crippen LogP contribution in [0.15, 0.2) is 84.0 Å². The molecule has 10 nitrogen and oxygen atoms in total. The number of fused-ring (bicyclic) bond motifs is 1. The zero-order chi connectivity index (χ0) is 26.1. The molecule has 2 aromatic carbocycles. The van der Waals surface area contributed by atoms with E-state index in [2.05, 4.69) is 15.3 Å². The largest absolute Gasteiger partial charge is 0.453 e. The Bertz CT molecular complexity index is 1730. The van der Waals surface area contributed by atoms with Gasteiger partial charge in [0.25, 0.3) is 17.2 Å². The first-order valence-corrected chi connectivity index (χ1v) is 10.7. The van der Waals surface area contributed by atoms with Gasteiger partial charge in [-0.2, -0.15) is 0 Å². The molecule has 0 fully saturated rings. The lowest BCUT2D eigenvalue weighted by molar-refractivity contribution is -0.385. The van der Waals surface area contributed by atoms with Crippen molar-refractivity contribution in [1.82, 2.24) is 14.5 Å². The summed E-state index contributed by atoms with van der Waals surface area (Å²) < 4.78 is 34.6. The lowest BCUT2D eigenvalue weighted by Gasteiger charge is -2.11. The average molecular weight is 503 g/mol. The number of hydrogen-bond acceptors (Lipinski definition) is 6. The highest BCUT2D eigenvalue weighted by Crippen LogP contribution is 2.31. The topological polar surface area (TPSA) is 132 Å². The third-order valence-electron chi connectivity index (χ3n) is 5.39. The van der Waals surface area contributed by atoms with Crippen LogP contribution in [0.4, 0.5) is 20.2 Å². The monoisotopic (exact) mass is 503 g/mol. The van der Waals surface area contributed by atoms with E-state index >= 15 is 0 Å². The van der Waals surface area contributed by atoms with E-state index in [9.17, 15) is 28.5 Å². The quantitative estimate of drug-likeness (QED) is 0.249. The molecule has 5 rings (SSSR count). The molecule has 3 heterocycles. The Morgan fingerprint density at radius 2 is 1.84 bits per heavy atom. The number of anilines is 1. The predicted molar refractivity (Wildman–Crippen MR) is 129 cm³/mol. The van der Waals surface area contributed by atoms with Gasteiger partial charge >= 0.3 is 0 Å². The molecule has 0 saturated heterocycles. The van der Waals surface area contributed by atoms with E-state index in [-0.39, 0.29) is 17.1 Å². The van der Waals surface area contributed by atoms with Gasteiger partial charge in [0, 0.05) is 35.9 Å². The van der Waals surface area contributed by atoms with E-state index in [4.69, 9.17) is 4.74 Å². The molecule has 0 spiro atoms. The summed E-state index contributed by atoms with van der Waals surface area (Å²) in [5.74, 6) is -2.14. The fourth-order valence-electron chi connectivity index (χ4n) is 3.63. The summed E-state index contributed by atoms with van der Waals surface area (Å²) in [7, 11) is 0. The Labute approximate surface area is 205 Å². The molecule has 0 saturated carbocycles. The summed E-state index contributed by atoms with van der Waals surface area (Å²) in [4.78, 5) is 43.5. The summed E-state index contributed by atoms with van der Waals surface area (Å²) in [6.07, 6.45) is 4.09. The third-order valence-corrected chi connectivity index (χ3v) is 5.39. The van der Waals surface area contributed by atoms with Crippen molar-refractivity contribution >= 4 is 28.3 Å². The maximum atomic E-state index is 14.8. The Morgan fingerprint density at radius 3 is 2.57 bits per heavy atom. The highest BCUT2D eigenvalue weighted by Gasteiger charge is 2.21. The van der Waals surface area contributed by atoms with E-state index < -0.39 is 39.3 Å². The van der Waals surface area contributed by atoms with E-state index in [0.717, 1.165) is 35.0 Å². The van der Waals surface area contributed by atoms with Gasteiger partial charge in [-0.15, -0.1) is 0 Å². The van der Waals surface area contributed by atoms with Gasteiger partial charge in [-0.25, -0.2) is 13.8 Å². The van der Waals surface area contributed by atoms with Crippen LogP contribution in [-0.2, 0) is 0 Å². The van der Waals surface area contributed by atoms with Crippen LogP contribution in [0, 0.1) is 21.7 Å². The van der Waals surface area contributed by atoms with Gasteiger partial charge in [0.15, 0.2) is 11.6 Å². The van der Waals surface area contributed by atoms with Crippen molar-refractivity contribution in [2.75, 3.05) is 5.32 Å². The number of ether oxygens (including phenoxy) is 1. The first-order chi connectivity index (χ1) is 17.8. The molecular formula is C25H15F2N5O5. The Morgan fingerprint density at radius 1 is 1.05 bits per heavy atom. The Balaban J connectivity index is 1.43. The first kappa shape index (κ1) is 23.4. The minimum Gasteiger partial charge on any atom is -0.453 e. The third kappa shape index (κ3) is 4.62. The van der Waals surface area contributed by atoms with Crippen molar-refractivity contribution in [3.05, 3.63) is 117 Å². The second-order valence-corrected chi connectivity index (χ2v) is 7.77. The predicted octanol–water partition coefficient (Wildman–Crippen LogP) is 4.94. The maximum absolute atomic E-state index is 14.8. The summed E-state index contributed by atoms with van der Waals surface area (Å²) in [5.41, 5.74) is -1.34. The van der Waals surface area contributed by atoms with Gasteiger partial charge in [0.1, 0.15) is 22.8 Å². The van der Waals surface area contributed by atoms with Crippen LogP contribution < -0.4 is 15.6 Å². The number of amides is 1. The number of H-pyrrole nitrogens is 1. The molecular weight excluding hydrogens is 488 g/mol. The molecule has 0 aliphatic rings. The van der Waals surface area contributed by atoms with Crippen molar-refractivity contribution in [3.8, 4) is 17.2 Å². The number of carbonyl (C=O) groups is 1. The normalized spacial score (nSPS) is 10.9. The first-order valence-electron chi connectivity index (χ1n) is 10.7. The molecule has 2 N–H and O–H groups in total. The van der Waals surface area contributed by atoms with Gasteiger partial charge in [-0.1, -0.05) is 0 Å². The van der Waals surface area contributed by atoms with E-state index in [0.29, 0.717) is 16.8 Å². The van der Waals surface area contributed by atoms with Gasteiger partial charge in [-0.05, 0) is 48.5 Å². The maximum Gasteiger partial charge on any atom is 0.286 e. The fraction of sp³-hybridized carbons (Fsp3) is 0. The van der Waals surface area contributed by atoms with Crippen LogP contribution in [0.1, 0.15) is 10.4 Å². The molecule has 0 bridgehead atoms. The molecule has 0 radical (unpaired) electrons. The minimum absolute atomic E-state index is 0.0180. The molecule has 1 amide bonds. The molecule has 184 valence electrons. The standard InChI is InChI=1S/C25H15F2N5O5/c26-14-1-4-16(5-2-14)31-13-17(32(35)36)12-19(25(31)34)24(33)30-15-3-6-22(20(27)11-15)37-21-8-10-29-23-18(21)7-9-28-23/h1-13H,(H,28,29)(H,30,33). The molecule has 0 aliphatic carbocycles. The van der Waals surface area contributed by atoms with Crippen molar-refractivity contribution < 1.29 is 23.2 Å². The van der Waals surface area contributed by atoms with E-state index in [1.807, 2.05) is 0 Å². The number of rotatable bonds is 6. The van der Waals surface area contributed by atoms with Crippen molar-refractivity contribution in [3.63, 3.8) is 0 Å². The van der Waals surface area contributed by atoms with Crippen molar-refractivity contribution in [2.24, 2.45) is 0 Å². The summed E-state index contributed by atoms with van der Waals surface area (Å²) >= 11 is 0. The van der Waals surface area contributed by atoms with Crippen LogP contribution in [0.2, 0.25) is 0 Å². The Kier molecular flexibility index (Phi) is 5.89. The number of halogens is 2. The van der Waals surface area contributed by atoms with Crippen LogP contribution in [0.5, 0.6) is 11.5 Å². The zero-order valence-electron chi connectivity index (χ0n) is 18.6. The Hall–Kier alpha value is -5.39.